The first-order valence-corrected chi connectivity index (χ1v) is 8.40. The molecule has 0 N–H and O–H groups in total. The molecule has 3 nitrogen and oxygen atoms in total. The van der Waals surface area contributed by atoms with Crippen LogP contribution in [0.25, 0.3) is 11.0 Å². The highest BCUT2D eigenvalue weighted by Crippen LogP contribution is 2.31. The molecule has 2 heterocycles. The van der Waals surface area contributed by atoms with E-state index in [-0.39, 0.29) is 17.4 Å². The smallest absolute Gasteiger partial charge is 0.184 e. The monoisotopic (exact) mass is 318 g/mol. The number of fused-ring (bicyclic) bond motifs is 1. The second-order valence-electron chi connectivity index (χ2n) is 4.84. The summed E-state index contributed by atoms with van der Waals surface area (Å²) >= 11 is 5.88. The second-order valence-corrected chi connectivity index (χ2v) is 6.80. The van der Waals surface area contributed by atoms with Crippen LogP contribution >= 0.6 is 11.6 Å². The average Bonchev–Trinajstić information content (AvgIpc) is 2.83. The summed E-state index contributed by atoms with van der Waals surface area (Å²) in [5, 5.41) is 0. The number of imidazole rings is 1. The van der Waals surface area contributed by atoms with Gasteiger partial charge in [0.1, 0.15) is 11.3 Å². The normalized spacial score (nSPS) is 23.4. The van der Waals surface area contributed by atoms with Crippen molar-refractivity contribution in [2.24, 2.45) is 0 Å². The van der Waals surface area contributed by atoms with Crippen LogP contribution in [0.4, 0.5) is 8.78 Å². The summed E-state index contributed by atoms with van der Waals surface area (Å²) in [4.78, 5) is 4.28. The number of nitrogens with zero attached hydrogens (tertiary/aromatic N) is 2. The van der Waals surface area contributed by atoms with Crippen molar-refractivity contribution in [2.75, 3.05) is 11.5 Å². The van der Waals surface area contributed by atoms with Crippen molar-refractivity contribution in [1.82, 2.24) is 9.55 Å². The van der Waals surface area contributed by atoms with Gasteiger partial charge in [0, 0.05) is 28.3 Å². The lowest BCUT2D eigenvalue weighted by Crippen LogP contribution is -2.23. The van der Waals surface area contributed by atoms with Gasteiger partial charge in [-0.3, -0.25) is 4.21 Å². The van der Waals surface area contributed by atoms with Gasteiger partial charge in [-0.15, -0.1) is 11.6 Å². The van der Waals surface area contributed by atoms with Crippen LogP contribution in [0.5, 0.6) is 0 Å². The SMILES string of the molecule is O=S1CCC(n2c(CCl)nc3ccc(F)c(F)c32)CC1. The van der Waals surface area contributed by atoms with E-state index >= 15 is 0 Å². The lowest BCUT2D eigenvalue weighted by molar-refractivity contribution is 0.451. The van der Waals surface area contributed by atoms with Gasteiger partial charge in [-0.05, 0) is 25.0 Å². The van der Waals surface area contributed by atoms with Gasteiger partial charge >= 0.3 is 0 Å². The Bertz CT molecular complexity index is 679. The molecule has 1 aliphatic heterocycles. The zero-order valence-corrected chi connectivity index (χ0v) is 12.2. The van der Waals surface area contributed by atoms with Gasteiger partial charge in [0.25, 0.3) is 0 Å². The predicted octanol–water partition coefficient (Wildman–Crippen LogP) is 3.14. The number of alkyl halides is 1. The summed E-state index contributed by atoms with van der Waals surface area (Å²) < 4.78 is 40.7. The van der Waals surface area contributed by atoms with E-state index in [9.17, 15) is 13.0 Å². The third-order valence-electron chi connectivity index (χ3n) is 3.66. The third-order valence-corrected chi connectivity index (χ3v) is 5.28. The Morgan fingerprint density at radius 1 is 1.35 bits per heavy atom. The Kier molecular flexibility index (Phi) is 3.77. The molecule has 1 saturated heterocycles. The van der Waals surface area contributed by atoms with Gasteiger partial charge in [-0.25, -0.2) is 13.8 Å². The van der Waals surface area contributed by atoms with Gasteiger partial charge in [-0.2, -0.15) is 0 Å². The second kappa shape index (κ2) is 5.41. The van der Waals surface area contributed by atoms with Crippen molar-refractivity contribution in [2.45, 2.75) is 24.8 Å². The minimum atomic E-state index is -0.891. The van der Waals surface area contributed by atoms with Crippen LogP contribution in [0.1, 0.15) is 24.7 Å². The third kappa shape index (κ3) is 2.24. The van der Waals surface area contributed by atoms with Crippen molar-refractivity contribution >= 4 is 33.4 Å². The summed E-state index contributed by atoms with van der Waals surface area (Å²) in [6.07, 6.45) is 1.33. The molecule has 108 valence electrons. The lowest BCUT2D eigenvalue weighted by Gasteiger charge is -2.25. The fourth-order valence-corrected chi connectivity index (χ4v) is 4.16. The highest BCUT2D eigenvalue weighted by Gasteiger charge is 2.26. The highest BCUT2D eigenvalue weighted by atomic mass is 35.5. The van der Waals surface area contributed by atoms with Crippen LogP contribution in [0.15, 0.2) is 12.1 Å². The van der Waals surface area contributed by atoms with E-state index < -0.39 is 22.4 Å². The lowest BCUT2D eigenvalue weighted by atomic mass is 10.1. The van der Waals surface area contributed by atoms with Crippen molar-refractivity contribution < 1.29 is 13.0 Å². The van der Waals surface area contributed by atoms with E-state index in [0.717, 1.165) is 6.07 Å². The molecule has 7 heteroatoms. The summed E-state index contributed by atoms with van der Waals surface area (Å²) in [5.74, 6) is 0.0301. The van der Waals surface area contributed by atoms with Gasteiger partial charge in [0.15, 0.2) is 11.6 Å². The van der Waals surface area contributed by atoms with E-state index in [2.05, 4.69) is 4.98 Å². The van der Waals surface area contributed by atoms with E-state index in [1.54, 1.807) is 4.57 Å². The molecule has 0 atom stereocenters. The Hall–Kier alpha value is -1.01. The fraction of sp³-hybridized carbons (Fsp3) is 0.462. The molecule has 3 rings (SSSR count). The van der Waals surface area contributed by atoms with Crippen LogP contribution < -0.4 is 0 Å². The number of rotatable bonds is 2. The molecule has 20 heavy (non-hydrogen) atoms. The average molecular weight is 319 g/mol. The molecule has 0 saturated carbocycles. The highest BCUT2D eigenvalue weighted by molar-refractivity contribution is 7.85. The summed E-state index contributed by atoms with van der Waals surface area (Å²) in [7, 11) is -0.809. The van der Waals surface area contributed by atoms with Crippen LogP contribution in [0, 0.1) is 11.6 Å². The largest absolute Gasteiger partial charge is 0.321 e. The molecule has 0 amide bonds. The molecule has 2 aromatic rings. The quantitative estimate of drug-likeness (QED) is 0.797. The van der Waals surface area contributed by atoms with E-state index in [0.29, 0.717) is 35.7 Å². The topological polar surface area (TPSA) is 34.9 Å². The molecule has 0 radical (unpaired) electrons. The van der Waals surface area contributed by atoms with Crippen molar-refractivity contribution in [3.8, 4) is 0 Å². The summed E-state index contributed by atoms with van der Waals surface area (Å²) in [6, 6.07) is 2.51. The Morgan fingerprint density at radius 2 is 2.05 bits per heavy atom. The minimum Gasteiger partial charge on any atom is -0.321 e. The van der Waals surface area contributed by atoms with Gasteiger partial charge in [0.05, 0.1) is 11.4 Å². The van der Waals surface area contributed by atoms with Crippen LogP contribution in [0.2, 0.25) is 0 Å². The fourth-order valence-electron chi connectivity index (χ4n) is 2.70. The van der Waals surface area contributed by atoms with Crippen molar-refractivity contribution in [3.05, 3.63) is 29.6 Å². The molecule has 1 aromatic heterocycles. The van der Waals surface area contributed by atoms with E-state index in [4.69, 9.17) is 11.6 Å². The molecule has 1 fully saturated rings. The van der Waals surface area contributed by atoms with Crippen molar-refractivity contribution in [1.29, 1.82) is 0 Å². The molecule has 1 aliphatic rings. The maximum atomic E-state index is 14.1. The maximum absolute atomic E-state index is 14.1. The van der Waals surface area contributed by atoms with Crippen LogP contribution in [-0.4, -0.2) is 25.3 Å². The van der Waals surface area contributed by atoms with E-state index in [1.165, 1.54) is 6.07 Å². The van der Waals surface area contributed by atoms with Gasteiger partial charge in [-0.1, -0.05) is 0 Å². The summed E-state index contributed by atoms with van der Waals surface area (Å²) in [6.45, 7) is 0. The van der Waals surface area contributed by atoms with E-state index in [1.807, 2.05) is 0 Å². The zero-order chi connectivity index (χ0) is 14.3. The zero-order valence-electron chi connectivity index (χ0n) is 10.6. The molecule has 0 unspecified atom stereocenters. The van der Waals surface area contributed by atoms with Gasteiger partial charge in [0.2, 0.25) is 0 Å². The number of hydrogen-bond acceptors (Lipinski definition) is 2. The Balaban J connectivity index is 2.16. The predicted molar refractivity (Wildman–Crippen MR) is 75.4 cm³/mol. The molecule has 0 spiro atoms. The van der Waals surface area contributed by atoms with Gasteiger partial charge < -0.3 is 4.57 Å². The first kappa shape index (κ1) is 13.9. The first-order valence-electron chi connectivity index (χ1n) is 6.37. The van der Waals surface area contributed by atoms with Crippen LogP contribution in [-0.2, 0) is 16.7 Å². The molecule has 0 aliphatic carbocycles. The standard InChI is InChI=1S/C13H13ClF2N2OS/c14-7-11-17-10-2-1-9(15)12(16)13(10)18(11)8-3-5-20(19)6-4-8/h1-2,8H,3-7H2. The summed E-state index contributed by atoms with van der Waals surface area (Å²) in [5.41, 5.74) is 0.574. The first-order chi connectivity index (χ1) is 9.61. The number of halogens is 3. The van der Waals surface area contributed by atoms with Crippen LogP contribution in [0.3, 0.4) is 0 Å². The molecular formula is C13H13ClF2N2OS. The minimum absolute atomic E-state index is 0.0252. The number of hydrogen-bond donors (Lipinski definition) is 0. The molecular weight excluding hydrogens is 306 g/mol. The Morgan fingerprint density at radius 3 is 2.70 bits per heavy atom. The number of aromatic nitrogens is 2. The van der Waals surface area contributed by atoms with Crippen molar-refractivity contribution in [3.63, 3.8) is 0 Å². The molecule has 1 aromatic carbocycles. The maximum Gasteiger partial charge on any atom is 0.184 e. The number of benzene rings is 1. The molecule has 0 bridgehead atoms. The Labute approximate surface area is 122 Å².